The third kappa shape index (κ3) is 4.67. The standard InChI is InChI=1S/C35H26Br2ClFN2O9/c1-35-20(31(45)41(34(35)49)13-4-8-22(39)21(38)9-13)11-18-15(26(35)19-12-24(50-2)29(43)28(37)27(19)36)6-7-17-25(18)32(46)40(30(17)44)14-3-5-16(33(47)48)23(42)10-14/h3-6,8-10,12,17-18,20,25-26,42-43H,7,11H2,1-2H3,(H,47,48)/t17-,18+,20-,25-,26+,35+/m0/s1. The first-order chi connectivity index (χ1) is 23.6. The average Bonchev–Trinajstić information content (AvgIpc) is 3.44. The van der Waals surface area contributed by atoms with Crippen LogP contribution in [0.25, 0.3) is 0 Å². The first kappa shape index (κ1) is 34.2. The summed E-state index contributed by atoms with van der Waals surface area (Å²) in [6, 6.07) is 8.53. The monoisotopic (exact) mass is 830 g/mol. The Morgan fingerprint density at radius 3 is 2.28 bits per heavy atom. The number of carboxylic acid groups (broad SMARTS) is 1. The SMILES string of the molecule is COc1cc([C@H]2C3=CC[C@@H]4C(=O)N(c5ccc(C(=O)O)c(O)c5)C(=O)[C@@H]4[C@@H]3C[C@H]3C(=O)N(c4ccc(F)c(Cl)c4)C(=O)[C@@]23C)c(Br)c(Br)c1O. The molecule has 0 spiro atoms. The van der Waals surface area contributed by atoms with Gasteiger partial charge in [-0.05, 0) is 99.5 Å². The highest BCUT2D eigenvalue weighted by molar-refractivity contribution is 9.13. The van der Waals surface area contributed by atoms with E-state index in [0.717, 1.165) is 28.0 Å². The van der Waals surface area contributed by atoms with Gasteiger partial charge >= 0.3 is 5.97 Å². The van der Waals surface area contributed by atoms with Gasteiger partial charge in [0, 0.05) is 16.5 Å². The molecule has 6 atom stereocenters. The maximum atomic E-state index is 14.7. The Labute approximate surface area is 305 Å². The summed E-state index contributed by atoms with van der Waals surface area (Å²) in [4.78, 5) is 70.7. The fourth-order valence-corrected chi connectivity index (χ4v) is 9.43. The van der Waals surface area contributed by atoms with Crippen molar-refractivity contribution in [1.82, 2.24) is 0 Å². The van der Waals surface area contributed by atoms with E-state index >= 15 is 0 Å². The van der Waals surface area contributed by atoms with Gasteiger partial charge in [-0.1, -0.05) is 23.3 Å². The number of halogens is 4. The molecule has 0 unspecified atom stereocenters. The topological polar surface area (TPSA) is 162 Å². The predicted molar refractivity (Wildman–Crippen MR) is 184 cm³/mol. The fraction of sp³-hybridized carbons (Fsp3) is 0.286. The minimum absolute atomic E-state index is 0.00271. The van der Waals surface area contributed by atoms with E-state index in [2.05, 4.69) is 31.9 Å². The van der Waals surface area contributed by atoms with Crippen LogP contribution in [0.3, 0.4) is 0 Å². The van der Waals surface area contributed by atoms with Crippen LogP contribution >= 0.6 is 43.5 Å². The van der Waals surface area contributed by atoms with Crippen molar-refractivity contribution in [3.05, 3.63) is 85.0 Å². The Kier molecular flexibility index (Phi) is 8.15. The van der Waals surface area contributed by atoms with Gasteiger partial charge in [-0.25, -0.2) is 19.0 Å². The van der Waals surface area contributed by atoms with E-state index < -0.39 is 81.7 Å². The number of imide groups is 2. The summed E-state index contributed by atoms with van der Waals surface area (Å²) >= 11 is 13.0. The second-order valence-corrected chi connectivity index (χ2v) is 14.9. The van der Waals surface area contributed by atoms with Crippen molar-refractivity contribution in [2.24, 2.45) is 29.1 Å². The predicted octanol–water partition coefficient (Wildman–Crippen LogP) is 6.56. The van der Waals surface area contributed by atoms with Gasteiger partial charge in [0.15, 0.2) is 11.5 Å². The molecule has 7 rings (SSSR count). The molecule has 3 aromatic carbocycles. The molecule has 2 saturated heterocycles. The molecule has 4 aliphatic rings. The summed E-state index contributed by atoms with van der Waals surface area (Å²) in [5.41, 5.74) is -0.699. The lowest BCUT2D eigenvalue weighted by molar-refractivity contribution is -0.131. The number of phenolic OH excluding ortho intramolecular Hbond substituents is 1. The number of nitrogens with zero attached hydrogens (tertiary/aromatic N) is 2. The van der Waals surface area contributed by atoms with Crippen LogP contribution < -0.4 is 14.5 Å². The van der Waals surface area contributed by atoms with Gasteiger partial charge in [0.2, 0.25) is 23.6 Å². The Bertz CT molecular complexity index is 2130. The molecule has 0 aromatic heterocycles. The molecule has 1 saturated carbocycles. The zero-order chi connectivity index (χ0) is 36.1. The number of fused-ring (bicyclic) bond motifs is 4. The first-order valence-electron chi connectivity index (χ1n) is 15.4. The largest absolute Gasteiger partial charge is 0.507 e. The molecule has 2 aliphatic carbocycles. The second-order valence-electron chi connectivity index (χ2n) is 12.9. The highest BCUT2D eigenvalue weighted by Gasteiger charge is 2.68. The summed E-state index contributed by atoms with van der Waals surface area (Å²) in [6.45, 7) is 1.66. The molecule has 2 heterocycles. The number of phenols is 2. The molecule has 2 aliphatic heterocycles. The third-order valence-electron chi connectivity index (χ3n) is 10.6. The number of carboxylic acids is 1. The van der Waals surface area contributed by atoms with E-state index in [4.69, 9.17) is 16.3 Å². The number of rotatable bonds is 5. The van der Waals surface area contributed by atoms with Crippen molar-refractivity contribution in [3.63, 3.8) is 0 Å². The number of anilines is 2. The lowest BCUT2D eigenvalue weighted by Crippen LogP contribution is -2.49. The number of ether oxygens (including phenoxy) is 1. The van der Waals surface area contributed by atoms with E-state index in [1.54, 1.807) is 13.0 Å². The first-order valence-corrected chi connectivity index (χ1v) is 17.3. The smallest absolute Gasteiger partial charge is 0.339 e. The van der Waals surface area contributed by atoms with Gasteiger partial charge < -0.3 is 20.1 Å². The number of benzene rings is 3. The molecular weight excluding hydrogens is 807 g/mol. The zero-order valence-corrected chi connectivity index (χ0v) is 30.0. The van der Waals surface area contributed by atoms with E-state index in [9.17, 15) is 43.7 Å². The lowest BCUT2D eigenvalue weighted by Gasteiger charge is -2.49. The van der Waals surface area contributed by atoms with Crippen LogP contribution in [-0.2, 0) is 19.2 Å². The number of aromatic hydroxyl groups is 2. The molecule has 15 heteroatoms. The van der Waals surface area contributed by atoms with E-state index in [0.29, 0.717) is 15.6 Å². The third-order valence-corrected chi connectivity index (χ3v) is 13.1. The van der Waals surface area contributed by atoms with Crippen LogP contribution in [0.2, 0.25) is 5.02 Å². The summed E-state index contributed by atoms with van der Waals surface area (Å²) in [5.74, 6) is -9.62. The van der Waals surface area contributed by atoms with Gasteiger partial charge in [-0.2, -0.15) is 0 Å². The molecule has 0 bridgehead atoms. The number of aromatic carboxylic acids is 1. The van der Waals surface area contributed by atoms with Crippen LogP contribution in [0.1, 0.15) is 41.6 Å². The van der Waals surface area contributed by atoms with E-state index in [1.807, 2.05) is 6.08 Å². The van der Waals surface area contributed by atoms with Crippen LogP contribution in [0.5, 0.6) is 17.2 Å². The number of methoxy groups -OCH3 is 1. The molecule has 4 amide bonds. The van der Waals surface area contributed by atoms with Crippen molar-refractivity contribution in [2.45, 2.75) is 25.7 Å². The van der Waals surface area contributed by atoms with Crippen molar-refractivity contribution in [1.29, 1.82) is 0 Å². The van der Waals surface area contributed by atoms with Crippen LogP contribution in [0.4, 0.5) is 15.8 Å². The second kappa shape index (κ2) is 11.9. The van der Waals surface area contributed by atoms with Gasteiger partial charge in [-0.15, -0.1) is 0 Å². The minimum atomic E-state index is -1.47. The Hall–Kier alpha value is -4.27. The quantitative estimate of drug-likeness (QED) is 0.191. The van der Waals surface area contributed by atoms with Crippen LogP contribution in [-0.4, -0.2) is 52.0 Å². The molecule has 258 valence electrons. The van der Waals surface area contributed by atoms with Gasteiger partial charge in [0.25, 0.3) is 0 Å². The van der Waals surface area contributed by atoms with Gasteiger partial charge in [0.1, 0.15) is 17.1 Å². The summed E-state index contributed by atoms with van der Waals surface area (Å²) in [7, 11) is 1.36. The number of hydrogen-bond donors (Lipinski definition) is 3. The Morgan fingerprint density at radius 2 is 1.64 bits per heavy atom. The van der Waals surface area contributed by atoms with Crippen molar-refractivity contribution >= 4 is 84.4 Å². The average molecular weight is 833 g/mol. The number of allylic oxidation sites excluding steroid dienone is 2. The fourth-order valence-electron chi connectivity index (χ4n) is 8.30. The van der Waals surface area contributed by atoms with Crippen LogP contribution in [0.15, 0.2) is 63.1 Å². The molecule has 3 fully saturated rings. The van der Waals surface area contributed by atoms with Gasteiger partial charge in [0.05, 0.1) is 51.1 Å². The van der Waals surface area contributed by atoms with Gasteiger partial charge in [-0.3, -0.25) is 19.2 Å². The Morgan fingerprint density at radius 1 is 0.960 bits per heavy atom. The van der Waals surface area contributed by atoms with E-state index in [1.165, 1.54) is 25.3 Å². The molecule has 3 aromatic rings. The number of hydrogen-bond acceptors (Lipinski definition) is 8. The normalized spacial score (nSPS) is 27.2. The number of carbonyl (C=O) groups excluding carboxylic acids is 4. The summed E-state index contributed by atoms with van der Waals surface area (Å²) < 4.78 is 20.2. The summed E-state index contributed by atoms with van der Waals surface area (Å²) in [6.07, 6.45) is 1.95. The zero-order valence-electron chi connectivity index (χ0n) is 26.1. The Balaban J connectivity index is 1.39. The molecule has 50 heavy (non-hydrogen) atoms. The van der Waals surface area contributed by atoms with Crippen molar-refractivity contribution < 1.29 is 48.4 Å². The summed E-state index contributed by atoms with van der Waals surface area (Å²) in [5, 5.41) is 30.2. The maximum absolute atomic E-state index is 14.7. The molecule has 0 radical (unpaired) electrons. The number of amides is 4. The van der Waals surface area contributed by atoms with Crippen LogP contribution in [0, 0.1) is 34.9 Å². The molecular formula is C35H26Br2ClFN2O9. The maximum Gasteiger partial charge on any atom is 0.339 e. The van der Waals surface area contributed by atoms with E-state index in [-0.39, 0.29) is 45.2 Å². The lowest BCUT2D eigenvalue weighted by atomic mass is 9.51. The highest BCUT2D eigenvalue weighted by Crippen LogP contribution is 2.65. The highest BCUT2D eigenvalue weighted by atomic mass is 79.9. The minimum Gasteiger partial charge on any atom is -0.507 e. The molecule has 3 N–H and O–H groups in total. The van der Waals surface area contributed by atoms with Crippen molar-refractivity contribution in [2.75, 3.05) is 16.9 Å². The molecule has 11 nitrogen and oxygen atoms in total. The van der Waals surface area contributed by atoms with Crippen molar-refractivity contribution in [3.8, 4) is 17.2 Å². The number of carbonyl (C=O) groups is 5.